The molecule has 32 heavy (non-hydrogen) atoms. The number of likely N-dealkylation sites (N-methyl/N-ethyl adjacent to an activating group) is 1. The molecule has 0 radical (unpaired) electrons. The van der Waals surface area contributed by atoms with E-state index in [2.05, 4.69) is 34.3 Å². The highest BCUT2D eigenvalue weighted by molar-refractivity contribution is 6.32. The van der Waals surface area contributed by atoms with Gasteiger partial charge in [0.15, 0.2) is 0 Å². The molecule has 2 aromatic rings. The predicted octanol–water partition coefficient (Wildman–Crippen LogP) is 5.21. The monoisotopic (exact) mass is 474 g/mol. The molecule has 2 aromatic carbocycles. The highest BCUT2D eigenvalue weighted by Crippen LogP contribution is 2.44. The molecule has 0 atom stereocenters. The van der Waals surface area contributed by atoms with Crippen molar-refractivity contribution in [3.8, 4) is 5.75 Å². The van der Waals surface area contributed by atoms with E-state index in [9.17, 15) is 0 Å². The Bertz CT molecular complexity index is 984. The first-order valence-electron chi connectivity index (χ1n) is 11.2. The second-order valence-corrected chi connectivity index (χ2v) is 10.1. The zero-order chi connectivity index (χ0) is 22.7. The number of benzene rings is 2. The summed E-state index contributed by atoms with van der Waals surface area (Å²) in [5, 5.41) is 5.09. The standard InChI is InChI=1S/C25H32Cl2N4O/c1-30(2)11-12-32-23-15-22-19(14-21(23)27)16-25(7-9-31(3)10-8-25)24(29-22)28-17-18-5-4-6-20(26)13-18/h4-6,13-15H,7-12,16-17H2,1-3H3,(H,28,29). The van der Waals surface area contributed by atoms with Crippen molar-refractivity contribution in [2.24, 2.45) is 10.4 Å². The minimum atomic E-state index is 0.00864. The normalized spacial score (nSPS) is 19.2. The minimum Gasteiger partial charge on any atom is -0.491 e. The lowest BCUT2D eigenvalue weighted by molar-refractivity contribution is 0.178. The molecule has 0 aromatic heterocycles. The number of ether oxygens (including phenoxy) is 1. The molecule has 4 rings (SSSR count). The molecule has 2 heterocycles. The van der Waals surface area contributed by atoms with Gasteiger partial charge in [-0.15, -0.1) is 0 Å². The lowest BCUT2D eigenvalue weighted by atomic mass is 9.70. The van der Waals surface area contributed by atoms with Crippen molar-refractivity contribution in [1.82, 2.24) is 9.80 Å². The molecular weight excluding hydrogens is 443 g/mol. The van der Waals surface area contributed by atoms with E-state index in [1.54, 1.807) is 0 Å². The first kappa shape index (κ1) is 23.4. The lowest BCUT2D eigenvalue weighted by Crippen LogP contribution is -2.49. The van der Waals surface area contributed by atoms with Crippen molar-refractivity contribution in [2.45, 2.75) is 25.8 Å². The van der Waals surface area contributed by atoms with Gasteiger partial charge in [-0.25, -0.2) is 0 Å². The number of rotatable bonds is 6. The smallest absolute Gasteiger partial charge is 0.140 e. The Morgan fingerprint density at radius 1 is 1.16 bits per heavy atom. The van der Waals surface area contributed by atoms with Crippen LogP contribution in [0.3, 0.4) is 0 Å². The fourth-order valence-electron chi connectivity index (χ4n) is 4.49. The molecular formula is C25H32Cl2N4O. The number of amidine groups is 1. The van der Waals surface area contributed by atoms with Crippen molar-refractivity contribution in [3.05, 3.63) is 57.6 Å². The van der Waals surface area contributed by atoms with Crippen LogP contribution in [0, 0.1) is 5.41 Å². The third-order valence-corrected chi connectivity index (χ3v) is 7.02. The number of fused-ring (bicyclic) bond motifs is 1. The average molecular weight is 475 g/mol. The molecule has 1 saturated heterocycles. The first-order chi connectivity index (χ1) is 15.3. The van der Waals surface area contributed by atoms with Crippen LogP contribution in [0.1, 0.15) is 24.0 Å². The molecule has 172 valence electrons. The van der Waals surface area contributed by atoms with Gasteiger partial charge in [0, 0.05) is 28.7 Å². The minimum absolute atomic E-state index is 0.00864. The fourth-order valence-corrected chi connectivity index (χ4v) is 4.94. The van der Waals surface area contributed by atoms with Crippen LogP contribution in [0.4, 0.5) is 5.69 Å². The van der Waals surface area contributed by atoms with Crippen LogP contribution >= 0.6 is 23.2 Å². The number of halogens is 2. The molecule has 2 aliphatic heterocycles. The van der Waals surface area contributed by atoms with Crippen molar-refractivity contribution in [2.75, 3.05) is 52.7 Å². The number of piperidine rings is 1. The van der Waals surface area contributed by atoms with E-state index in [0.717, 1.165) is 61.0 Å². The molecule has 0 saturated carbocycles. The van der Waals surface area contributed by atoms with Gasteiger partial charge >= 0.3 is 0 Å². The van der Waals surface area contributed by atoms with Crippen LogP contribution in [0.5, 0.6) is 5.75 Å². The summed E-state index contributed by atoms with van der Waals surface area (Å²) in [7, 11) is 6.25. The summed E-state index contributed by atoms with van der Waals surface area (Å²) < 4.78 is 5.97. The van der Waals surface area contributed by atoms with Gasteiger partial charge in [-0.2, -0.15) is 0 Å². The molecule has 0 bridgehead atoms. The quantitative estimate of drug-likeness (QED) is 0.623. The number of hydrogen-bond acceptors (Lipinski definition) is 4. The maximum absolute atomic E-state index is 6.60. The molecule has 1 N–H and O–H groups in total. The summed E-state index contributed by atoms with van der Waals surface area (Å²) in [5.41, 5.74) is 3.41. The molecule has 7 heteroatoms. The Hall–Kier alpha value is -1.79. The number of hydrogen-bond donors (Lipinski definition) is 1. The number of aliphatic imine (C=N–C) groups is 1. The van der Waals surface area contributed by atoms with Gasteiger partial charge in [0.1, 0.15) is 18.2 Å². The number of nitrogens with one attached hydrogen (secondary N) is 1. The second kappa shape index (κ2) is 10.0. The van der Waals surface area contributed by atoms with Crippen molar-refractivity contribution < 1.29 is 4.74 Å². The zero-order valence-corrected chi connectivity index (χ0v) is 20.6. The summed E-state index contributed by atoms with van der Waals surface area (Å²) >= 11 is 12.8. The van der Waals surface area contributed by atoms with E-state index < -0.39 is 0 Å². The Balaban J connectivity index is 1.62. The van der Waals surface area contributed by atoms with Crippen LogP contribution < -0.4 is 10.1 Å². The summed E-state index contributed by atoms with van der Waals surface area (Å²) in [6, 6.07) is 12.0. The van der Waals surface area contributed by atoms with Crippen molar-refractivity contribution in [3.63, 3.8) is 0 Å². The third-order valence-electron chi connectivity index (χ3n) is 6.49. The summed E-state index contributed by atoms with van der Waals surface area (Å²) in [6.07, 6.45) is 3.08. The van der Waals surface area contributed by atoms with Crippen molar-refractivity contribution >= 4 is 34.7 Å². The van der Waals surface area contributed by atoms with Crippen LogP contribution in [0.2, 0.25) is 10.0 Å². The van der Waals surface area contributed by atoms with Gasteiger partial charge in [-0.05, 0) is 82.8 Å². The molecule has 0 unspecified atom stereocenters. The molecule has 1 spiro atoms. The van der Waals surface area contributed by atoms with E-state index in [1.807, 2.05) is 38.4 Å². The summed E-state index contributed by atoms with van der Waals surface area (Å²) in [5.74, 6) is 1.79. The highest BCUT2D eigenvalue weighted by atomic mass is 35.5. The van der Waals surface area contributed by atoms with Crippen LogP contribution in [0.25, 0.3) is 0 Å². The second-order valence-electron chi connectivity index (χ2n) is 9.27. The molecule has 0 amide bonds. The maximum atomic E-state index is 6.60. The predicted molar refractivity (Wildman–Crippen MR) is 135 cm³/mol. The van der Waals surface area contributed by atoms with Crippen LogP contribution in [0.15, 0.2) is 41.4 Å². The zero-order valence-electron chi connectivity index (χ0n) is 19.1. The van der Waals surface area contributed by atoms with Crippen LogP contribution in [-0.4, -0.2) is 63.0 Å². The van der Waals surface area contributed by atoms with Crippen molar-refractivity contribution in [1.29, 1.82) is 0 Å². The number of anilines is 1. The number of likely N-dealkylation sites (tertiary alicyclic amines) is 1. The topological polar surface area (TPSA) is 40.1 Å². The molecule has 5 nitrogen and oxygen atoms in total. The van der Waals surface area contributed by atoms with Gasteiger partial charge in [0.05, 0.1) is 11.6 Å². The Morgan fingerprint density at radius 2 is 1.94 bits per heavy atom. The van der Waals surface area contributed by atoms with Crippen LogP contribution in [-0.2, 0) is 13.0 Å². The summed E-state index contributed by atoms with van der Waals surface area (Å²) in [6.45, 7) is 4.16. The Labute approximate surface area is 201 Å². The lowest BCUT2D eigenvalue weighted by Gasteiger charge is -2.45. The SMILES string of the molecule is CN(C)CCOc1cc2c(cc1Cl)CC1(CCN(C)CC1)C(=NCc1cccc(Cl)c1)N2. The third kappa shape index (κ3) is 5.40. The average Bonchev–Trinajstić information content (AvgIpc) is 2.75. The summed E-state index contributed by atoms with van der Waals surface area (Å²) in [4.78, 5) is 9.57. The van der Waals surface area contributed by atoms with Gasteiger partial charge < -0.3 is 19.9 Å². The number of nitrogens with zero attached hydrogens (tertiary/aromatic N) is 3. The Morgan fingerprint density at radius 3 is 2.66 bits per heavy atom. The maximum Gasteiger partial charge on any atom is 0.140 e. The highest BCUT2D eigenvalue weighted by Gasteiger charge is 2.42. The van der Waals surface area contributed by atoms with E-state index in [1.165, 1.54) is 5.56 Å². The van der Waals surface area contributed by atoms with E-state index in [0.29, 0.717) is 23.9 Å². The van der Waals surface area contributed by atoms with Gasteiger partial charge in [0.25, 0.3) is 0 Å². The van der Waals surface area contributed by atoms with E-state index in [4.69, 9.17) is 32.9 Å². The molecule has 1 fully saturated rings. The van der Waals surface area contributed by atoms with E-state index >= 15 is 0 Å². The first-order valence-corrected chi connectivity index (χ1v) is 12.0. The molecule has 0 aliphatic carbocycles. The molecule has 2 aliphatic rings. The van der Waals surface area contributed by atoms with Gasteiger partial charge in [0.2, 0.25) is 0 Å². The van der Waals surface area contributed by atoms with E-state index in [-0.39, 0.29) is 5.41 Å². The fraction of sp³-hybridized carbons (Fsp3) is 0.480. The Kier molecular flexibility index (Phi) is 7.30. The largest absolute Gasteiger partial charge is 0.491 e. The van der Waals surface area contributed by atoms with Gasteiger partial charge in [-0.3, -0.25) is 4.99 Å². The van der Waals surface area contributed by atoms with Gasteiger partial charge in [-0.1, -0.05) is 35.3 Å².